The molecule has 5 aromatic carbocycles. The van der Waals surface area contributed by atoms with Crippen LogP contribution in [0.2, 0.25) is 19.6 Å². The topological polar surface area (TPSA) is 38.7 Å². The molecule has 0 radical (unpaired) electrons. The first kappa shape index (κ1) is 35.5. The molecule has 4 saturated carbocycles. The van der Waals surface area contributed by atoms with Crippen LogP contribution in [0, 0.1) is 17.8 Å². The minimum atomic E-state index is -1.47. The molecule has 0 spiro atoms. The summed E-state index contributed by atoms with van der Waals surface area (Å²) in [5.74, 6) is 5.08. The summed E-state index contributed by atoms with van der Waals surface area (Å²) in [6.07, 6.45) is 13.2. The number of aryl methyl sites for hydroxylation is 1. The Hall–Kier alpha value is -4.67. The van der Waals surface area contributed by atoms with Gasteiger partial charge < -0.3 is 0 Å². The molecule has 1 heterocycles. The molecule has 6 aliphatic carbocycles. The Labute approximate surface area is 340 Å². The van der Waals surface area contributed by atoms with Crippen molar-refractivity contribution in [2.45, 2.75) is 109 Å². The molecule has 0 atom stereocenters. The van der Waals surface area contributed by atoms with Gasteiger partial charge in [-0.3, -0.25) is 0 Å². The van der Waals surface area contributed by atoms with Crippen LogP contribution in [-0.2, 0) is 23.7 Å². The highest BCUT2D eigenvalue weighted by atomic mass is 28.3. The number of nitrogens with zero attached hydrogens (tertiary/aromatic N) is 3. The van der Waals surface area contributed by atoms with E-state index < -0.39 is 8.07 Å². The molecule has 0 amide bonds. The molecule has 57 heavy (non-hydrogen) atoms. The summed E-state index contributed by atoms with van der Waals surface area (Å²) in [5, 5.41) is 1.52. The average molecular weight is 762 g/mol. The van der Waals surface area contributed by atoms with E-state index in [-0.39, 0.29) is 5.41 Å². The Bertz CT molecular complexity index is 2540. The lowest BCUT2D eigenvalue weighted by molar-refractivity contribution is -0.00518. The van der Waals surface area contributed by atoms with E-state index in [1.165, 1.54) is 101 Å². The fourth-order valence-corrected chi connectivity index (χ4v) is 13.7. The standard InChI is InChI=1S/C53H55N3Si/c1-52(2)46-18-10-16-43(48(46)45-24-23-41(29-47(45)52)57(3,4)5)38-13-8-14-39(28-38)50-54-49(55-51(56-50)44-17-9-12-36-11-6-7-15-42(36)44)37-19-21-40(22-20-37)53-30-33-25-34(31-53)27-35(26-33)32-53/h8-10,12-14,16-24,28-29,33-35H,6-7,11,15,25-27,30-32H2,1-5H3. The van der Waals surface area contributed by atoms with Crippen molar-refractivity contribution in [3.63, 3.8) is 0 Å². The highest BCUT2D eigenvalue weighted by Gasteiger charge is 2.51. The second kappa shape index (κ2) is 12.9. The lowest BCUT2D eigenvalue weighted by Crippen LogP contribution is -2.48. The van der Waals surface area contributed by atoms with Gasteiger partial charge in [-0.2, -0.15) is 0 Å². The van der Waals surface area contributed by atoms with Crippen LogP contribution in [0.5, 0.6) is 0 Å². The Kier molecular flexibility index (Phi) is 8.04. The first-order chi connectivity index (χ1) is 27.5. The van der Waals surface area contributed by atoms with Crippen LogP contribution in [0.25, 0.3) is 56.4 Å². The quantitative estimate of drug-likeness (QED) is 0.159. The van der Waals surface area contributed by atoms with E-state index in [1.54, 1.807) is 5.56 Å². The molecule has 286 valence electrons. The van der Waals surface area contributed by atoms with Gasteiger partial charge in [-0.15, -0.1) is 0 Å². The SMILES string of the molecule is CC1(C)c2cc([Si](C)(C)C)ccc2-c2c(-c3cccc(-c4nc(-c5ccc(C67CC8CC(CC(C8)C6)C7)cc5)nc(-c5cccc6c5CCCC6)n4)c3)cccc21. The molecule has 4 bridgehead atoms. The largest absolute Gasteiger partial charge is 0.208 e. The highest BCUT2D eigenvalue weighted by Crippen LogP contribution is 2.61. The van der Waals surface area contributed by atoms with E-state index in [2.05, 4.69) is 137 Å². The number of hydrogen-bond acceptors (Lipinski definition) is 3. The van der Waals surface area contributed by atoms with Crippen LogP contribution in [-0.4, -0.2) is 23.0 Å². The first-order valence-electron chi connectivity index (χ1n) is 21.9. The Morgan fingerprint density at radius 3 is 1.91 bits per heavy atom. The molecule has 3 nitrogen and oxygen atoms in total. The second-order valence-electron chi connectivity index (χ2n) is 20.2. The summed E-state index contributed by atoms with van der Waals surface area (Å²) < 4.78 is 0. The minimum Gasteiger partial charge on any atom is -0.208 e. The molecule has 0 saturated heterocycles. The number of rotatable bonds is 6. The lowest BCUT2D eigenvalue weighted by atomic mass is 9.48. The number of benzene rings is 5. The van der Waals surface area contributed by atoms with Gasteiger partial charge in [0.2, 0.25) is 0 Å². The van der Waals surface area contributed by atoms with Crippen molar-refractivity contribution in [1.82, 2.24) is 15.0 Å². The van der Waals surface area contributed by atoms with Crippen molar-refractivity contribution >= 4 is 13.3 Å². The summed E-state index contributed by atoms with van der Waals surface area (Å²) in [5.41, 5.74) is 16.0. The zero-order valence-corrected chi connectivity index (χ0v) is 35.5. The van der Waals surface area contributed by atoms with Crippen molar-refractivity contribution in [2.24, 2.45) is 17.8 Å². The van der Waals surface area contributed by atoms with Crippen molar-refractivity contribution < 1.29 is 0 Å². The van der Waals surface area contributed by atoms with Gasteiger partial charge in [-0.25, -0.2) is 15.0 Å². The Morgan fingerprint density at radius 1 is 0.544 bits per heavy atom. The second-order valence-corrected chi connectivity index (χ2v) is 25.3. The zero-order chi connectivity index (χ0) is 38.7. The van der Waals surface area contributed by atoms with Crippen LogP contribution < -0.4 is 5.19 Å². The summed E-state index contributed by atoms with van der Waals surface area (Å²) in [6, 6.07) is 39.4. The van der Waals surface area contributed by atoms with Gasteiger partial charge in [-0.05, 0) is 144 Å². The molecule has 4 heteroatoms. The number of hydrogen-bond donors (Lipinski definition) is 0. The third-order valence-electron chi connectivity index (χ3n) is 15.1. The van der Waals surface area contributed by atoms with Crippen molar-refractivity contribution in [3.8, 4) is 56.4 Å². The summed E-state index contributed by atoms with van der Waals surface area (Å²) in [4.78, 5) is 15.9. The number of fused-ring (bicyclic) bond motifs is 4. The predicted octanol–water partition coefficient (Wildman–Crippen LogP) is 12.7. The average Bonchev–Trinajstić information content (AvgIpc) is 3.45. The first-order valence-corrected chi connectivity index (χ1v) is 25.4. The summed E-state index contributed by atoms with van der Waals surface area (Å²) >= 11 is 0. The maximum atomic E-state index is 5.33. The maximum absolute atomic E-state index is 5.33. The molecule has 1 aromatic heterocycles. The fourth-order valence-electron chi connectivity index (χ4n) is 12.5. The third kappa shape index (κ3) is 5.83. The molecule has 0 unspecified atom stereocenters. The highest BCUT2D eigenvalue weighted by molar-refractivity contribution is 6.88. The van der Waals surface area contributed by atoms with E-state index in [0.717, 1.165) is 64.8 Å². The van der Waals surface area contributed by atoms with E-state index in [1.807, 2.05) is 0 Å². The molecule has 0 aliphatic heterocycles. The zero-order valence-electron chi connectivity index (χ0n) is 34.5. The van der Waals surface area contributed by atoms with Gasteiger partial charge in [0.05, 0.1) is 8.07 Å². The predicted molar refractivity (Wildman–Crippen MR) is 239 cm³/mol. The normalized spacial score (nSPS) is 23.9. The van der Waals surface area contributed by atoms with Crippen LogP contribution in [0.1, 0.15) is 93.0 Å². The van der Waals surface area contributed by atoms with Crippen molar-refractivity contribution in [2.75, 3.05) is 0 Å². The van der Waals surface area contributed by atoms with E-state index >= 15 is 0 Å². The fraction of sp³-hybridized carbons (Fsp3) is 0.377. The van der Waals surface area contributed by atoms with Gasteiger partial charge in [0.15, 0.2) is 17.5 Å². The van der Waals surface area contributed by atoms with E-state index in [0.29, 0.717) is 5.41 Å². The van der Waals surface area contributed by atoms with Crippen LogP contribution in [0.4, 0.5) is 0 Å². The smallest absolute Gasteiger partial charge is 0.164 e. The monoisotopic (exact) mass is 761 g/mol. The van der Waals surface area contributed by atoms with Gasteiger partial charge in [0, 0.05) is 22.1 Å². The van der Waals surface area contributed by atoms with Crippen LogP contribution in [0.3, 0.4) is 0 Å². The van der Waals surface area contributed by atoms with Gasteiger partial charge in [0.1, 0.15) is 0 Å². The third-order valence-corrected chi connectivity index (χ3v) is 17.1. The summed E-state index contributed by atoms with van der Waals surface area (Å²) in [7, 11) is -1.47. The van der Waals surface area contributed by atoms with E-state index in [4.69, 9.17) is 15.0 Å². The van der Waals surface area contributed by atoms with E-state index in [9.17, 15) is 0 Å². The molecule has 6 aliphatic rings. The summed E-state index contributed by atoms with van der Waals surface area (Å²) in [6.45, 7) is 12.1. The van der Waals surface area contributed by atoms with Crippen molar-refractivity contribution in [3.05, 3.63) is 131 Å². The Morgan fingerprint density at radius 2 is 1.18 bits per heavy atom. The molecular formula is C53H55N3Si. The van der Waals surface area contributed by atoms with Gasteiger partial charge >= 0.3 is 0 Å². The van der Waals surface area contributed by atoms with Gasteiger partial charge in [0.25, 0.3) is 0 Å². The van der Waals surface area contributed by atoms with Crippen LogP contribution in [0.15, 0.2) is 103 Å². The van der Waals surface area contributed by atoms with Gasteiger partial charge in [-0.1, -0.05) is 136 Å². The van der Waals surface area contributed by atoms with Crippen LogP contribution >= 0.6 is 0 Å². The molecule has 4 fully saturated rings. The Balaban J connectivity index is 1.02. The molecular weight excluding hydrogens is 707 g/mol. The molecule has 6 aromatic rings. The molecule has 12 rings (SSSR count). The minimum absolute atomic E-state index is 0.0635. The number of aromatic nitrogens is 3. The molecule has 0 N–H and O–H groups in total. The maximum Gasteiger partial charge on any atom is 0.164 e. The lowest BCUT2D eigenvalue weighted by Gasteiger charge is -2.57. The van der Waals surface area contributed by atoms with Crippen molar-refractivity contribution in [1.29, 1.82) is 0 Å².